The Balaban J connectivity index is 1.07. The minimum absolute atomic E-state index is 0.134. The fourth-order valence-corrected chi connectivity index (χ4v) is 5.08. The summed E-state index contributed by atoms with van der Waals surface area (Å²) in [7, 11) is 0. The normalized spacial score (nSPS) is 15.9. The van der Waals surface area contributed by atoms with Gasteiger partial charge in [-0.3, -0.25) is 14.6 Å². The van der Waals surface area contributed by atoms with E-state index in [2.05, 4.69) is 30.9 Å². The molecule has 1 unspecified atom stereocenters. The molecule has 1 fully saturated rings. The van der Waals surface area contributed by atoms with E-state index in [0.29, 0.717) is 30.0 Å². The molecule has 6 rings (SSSR count). The topological polar surface area (TPSA) is 136 Å². The fraction of sp³-hybridized carbons (Fsp3) is 0.333. The first-order valence-electron chi connectivity index (χ1n) is 14.0. The summed E-state index contributed by atoms with van der Waals surface area (Å²) in [6.07, 6.45) is 7.52. The lowest BCUT2D eigenvalue weighted by Gasteiger charge is -2.26. The van der Waals surface area contributed by atoms with Gasteiger partial charge in [0.1, 0.15) is 17.0 Å². The van der Waals surface area contributed by atoms with Gasteiger partial charge in [-0.25, -0.2) is 9.48 Å². The van der Waals surface area contributed by atoms with Gasteiger partial charge in [0.2, 0.25) is 0 Å². The summed E-state index contributed by atoms with van der Waals surface area (Å²) in [5.41, 5.74) is 3.69. The second-order valence-corrected chi connectivity index (χ2v) is 11.4. The predicted octanol–water partition coefficient (Wildman–Crippen LogP) is 5.22. The Morgan fingerprint density at radius 1 is 1.02 bits per heavy atom. The molecular formula is C30H33N9O3. The van der Waals surface area contributed by atoms with Crippen molar-refractivity contribution in [2.75, 3.05) is 18.4 Å². The SMILES string of the molecule is CC(C)(C)OC(=O)N1CCCC(n2cc(NC(=O)c3ccc(-n4cc(-c5n[nH]c6ccccc56)nn4)cc3)cn2)CC1. The second kappa shape index (κ2) is 11.1. The maximum absolute atomic E-state index is 13.0. The molecule has 12 heteroatoms. The average molecular weight is 568 g/mol. The van der Waals surface area contributed by atoms with Crippen LogP contribution in [0.4, 0.5) is 10.5 Å². The molecular weight excluding hydrogens is 534 g/mol. The summed E-state index contributed by atoms with van der Waals surface area (Å²) in [4.78, 5) is 27.2. The quantitative estimate of drug-likeness (QED) is 0.297. The smallest absolute Gasteiger partial charge is 0.410 e. The van der Waals surface area contributed by atoms with E-state index in [1.807, 2.05) is 74.2 Å². The predicted molar refractivity (Wildman–Crippen MR) is 157 cm³/mol. The van der Waals surface area contributed by atoms with Crippen molar-refractivity contribution in [1.82, 2.24) is 39.9 Å². The lowest BCUT2D eigenvalue weighted by Crippen LogP contribution is -2.37. The number of ether oxygens (including phenoxy) is 1. The number of amides is 2. The van der Waals surface area contributed by atoms with Gasteiger partial charge in [0.15, 0.2) is 0 Å². The highest BCUT2D eigenvalue weighted by Crippen LogP contribution is 2.26. The molecule has 1 aliphatic rings. The summed E-state index contributed by atoms with van der Waals surface area (Å²) in [6, 6.07) is 15.1. The maximum Gasteiger partial charge on any atom is 0.410 e. The third kappa shape index (κ3) is 5.87. The lowest BCUT2D eigenvalue weighted by atomic mass is 10.1. The fourth-order valence-electron chi connectivity index (χ4n) is 5.08. The first-order valence-corrected chi connectivity index (χ1v) is 14.0. The number of benzene rings is 2. The molecule has 2 amide bonds. The zero-order valence-corrected chi connectivity index (χ0v) is 23.8. The van der Waals surface area contributed by atoms with Crippen LogP contribution in [0.5, 0.6) is 0 Å². The molecule has 0 saturated carbocycles. The minimum atomic E-state index is -0.520. The Hall–Kier alpha value is -5.00. The molecule has 216 valence electrons. The van der Waals surface area contributed by atoms with Crippen LogP contribution in [0.25, 0.3) is 28.0 Å². The van der Waals surface area contributed by atoms with Crippen LogP contribution in [0.1, 0.15) is 56.4 Å². The van der Waals surface area contributed by atoms with Crippen LogP contribution in [0.15, 0.2) is 67.1 Å². The van der Waals surface area contributed by atoms with Crippen molar-refractivity contribution < 1.29 is 14.3 Å². The number of carbonyl (C=O) groups is 2. The van der Waals surface area contributed by atoms with E-state index < -0.39 is 5.60 Å². The van der Waals surface area contributed by atoms with E-state index in [0.717, 1.165) is 41.5 Å². The van der Waals surface area contributed by atoms with Crippen LogP contribution in [0.2, 0.25) is 0 Å². The third-order valence-electron chi connectivity index (χ3n) is 7.18. The number of nitrogens with one attached hydrogen (secondary N) is 2. The molecule has 42 heavy (non-hydrogen) atoms. The van der Waals surface area contributed by atoms with Gasteiger partial charge in [-0.1, -0.05) is 23.4 Å². The van der Waals surface area contributed by atoms with Gasteiger partial charge in [0, 0.05) is 30.2 Å². The van der Waals surface area contributed by atoms with Gasteiger partial charge in [-0.15, -0.1) is 5.10 Å². The van der Waals surface area contributed by atoms with E-state index in [9.17, 15) is 9.59 Å². The molecule has 4 heterocycles. The molecule has 1 aliphatic heterocycles. The first-order chi connectivity index (χ1) is 20.2. The first kappa shape index (κ1) is 27.2. The van der Waals surface area contributed by atoms with Crippen molar-refractivity contribution in [2.45, 2.75) is 51.7 Å². The number of nitrogens with zero attached hydrogens (tertiary/aromatic N) is 7. The number of likely N-dealkylation sites (tertiary alicyclic amines) is 1. The van der Waals surface area contributed by atoms with Crippen LogP contribution in [-0.2, 0) is 4.74 Å². The van der Waals surface area contributed by atoms with Crippen LogP contribution >= 0.6 is 0 Å². The molecule has 5 aromatic rings. The summed E-state index contributed by atoms with van der Waals surface area (Å²) in [5, 5.41) is 24.3. The highest BCUT2D eigenvalue weighted by molar-refractivity contribution is 6.04. The van der Waals surface area contributed by atoms with E-state index in [-0.39, 0.29) is 18.0 Å². The summed E-state index contributed by atoms with van der Waals surface area (Å²) < 4.78 is 9.06. The molecule has 0 spiro atoms. The number of para-hydroxylation sites is 1. The van der Waals surface area contributed by atoms with Crippen molar-refractivity contribution >= 4 is 28.6 Å². The molecule has 0 radical (unpaired) electrons. The van der Waals surface area contributed by atoms with Crippen molar-refractivity contribution in [3.63, 3.8) is 0 Å². The Labute approximate surface area is 242 Å². The number of carbonyl (C=O) groups excluding carboxylic acids is 2. The summed E-state index contributed by atoms with van der Waals surface area (Å²) in [5.74, 6) is -0.236. The number of hydrogen-bond donors (Lipinski definition) is 2. The van der Waals surface area contributed by atoms with E-state index in [1.165, 1.54) is 0 Å². The Morgan fingerprint density at radius 3 is 2.64 bits per heavy atom. The molecule has 1 atom stereocenters. The summed E-state index contributed by atoms with van der Waals surface area (Å²) >= 11 is 0. The van der Waals surface area contributed by atoms with Crippen LogP contribution in [0, 0.1) is 0 Å². The maximum atomic E-state index is 13.0. The second-order valence-electron chi connectivity index (χ2n) is 11.4. The monoisotopic (exact) mass is 567 g/mol. The van der Waals surface area contributed by atoms with Gasteiger partial charge in [-0.2, -0.15) is 10.2 Å². The number of H-pyrrole nitrogens is 1. The molecule has 0 bridgehead atoms. The van der Waals surface area contributed by atoms with Crippen LogP contribution < -0.4 is 5.32 Å². The number of rotatable bonds is 5. The zero-order chi connectivity index (χ0) is 29.3. The van der Waals surface area contributed by atoms with Gasteiger partial charge in [0.25, 0.3) is 5.91 Å². The van der Waals surface area contributed by atoms with Crippen molar-refractivity contribution in [3.05, 3.63) is 72.7 Å². The molecule has 0 aliphatic carbocycles. The standard InChI is InChI=1S/C30H33N9O3/c1-30(2,3)42-29(41)37-15-6-7-22(14-16-37)38-18-21(17-31-38)32-28(40)20-10-12-23(13-11-20)39-19-26(34-36-39)27-24-8-4-5-9-25(24)33-35-27/h4-5,8-13,17-19,22H,6-7,14-16H2,1-3H3,(H,32,40)(H,33,35). The van der Waals surface area contributed by atoms with Gasteiger partial charge in [0.05, 0.1) is 35.3 Å². The van der Waals surface area contributed by atoms with E-state index in [1.54, 1.807) is 27.9 Å². The largest absolute Gasteiger partial charge is 0.444 e. The molecule has 3 aromatic heterocycles. The summed E-state index contributed by atoms with van der Waals surface area (Å²) in [6.45, 7) is 6.87. The van der Waals surface area contributed by atoms with Gasteiger partial charge >= 0.3 is 6.09 Å². The number of fused-ring (bicyclic) bond motifs is 1. The molecule has 2 N–H and O–H groups in total. The van der Waals surface area contributed by atoms with Crippen LogP contribution in [0.3, 0.4) is 0 Å². The van der Waals surface area contributed by atoms with E-state index >= 15 is 0 Å². The Morgan fingerprint density at radius 2 is 1.83 bits per heavy atom. The Kier molecular flexibility index (Phi) is 7.19. The highest BCUT2D eigenvalue weighted by Gasteiger charge is 2.26. The van der Waals surface area contributed by atoms with Gasteiger partial charge in [-0.05, 0) is 70.4 Å². The zero-order valence-electron chi connectivity index (χ0n) is 23.8. The number of hydrogen-bond acceptors (Lipinski definition) is 7. The van der Waals surface area contributed by atoms with Gasteiger partial charge < -0.3 is 15.0 Å². The number of aromatic amines is 1. The van der Waals surface area contributed by atoms with Crippen molar-refractivity contribution in [1.29, 1.82) is 0 Å². The third-order valence-corrected chi connectivity index (χ3v) is 7.18. The molecule has 12 nitrogen and oxygen atoms in total. The number of anilines is 1. The van der Waals surface area contributed by atoms with Crippen molar-refractivity contribution in [2.24, 2.45) is 0 Å². The average Bonchev–Trinajstić information content (AvgIpc) is 3.69. The molecule has 1 saturated heterocycles. The number of aromatic nitrogens is 7. The molecule has 2 aromatic carbocycles. The lowest BCUT2D eigenvalue weighted by molar-refractivity contribution is 0.0255. The Bertz CT molecular complexity index is 1710. The van der Waals surface area contributed by atoms with E-state index in [4.69, 9.17) is 4.74 Å². The van der Waals surface area contributed by atoms with Crippen LogP contribution in [-0.4, -0.2) is 70.6 Å². The highest BCUT2D eigenvalue weighted by atomic mass is 16.6. The minimum Gasteiger partial charge on any atom is -0.444 e. The van der Waals surface area contributed by atoms with Crippen molar-refractivity contribution in [3.8, 4) is 17.1 Å².